The van der Waals surface area contributed by atoms with Crippen molar-refractivity contribution in [3.8, 4) is 5.69 Å². The lowest BCUT2D eigenvalue weighted by atomic mass is 9.96. The maximum Gasteiger partial charge on any atom is 0.226 e. The van der Waals surface area contributed by atoms with E-state index in [9.17, 15) is 4.79 Å². The molecule has 2 atom stereocenters. The molecule has 0 radical (unpaired) electrons. The number of nitrogens with one attached hydrogen (secondary N) is 2. The van der Waals surface area contributed by atoms with Gasteiger partial charge in [0, 0.05) is 60.7 Å². The first-order valence-corrected chi connectivity index (χ1v) is 15.3. The van der Waals surface area contributed by atoms with Gasteiger partial charge in [-0.2, -0.15) is 0 Å². The maximum atomic E-state index is 13.0. The summed E-state index contributed by atoms with van der Waals surface area (Å²) in [5.74, 6) is -0.0389. The molecule has 0 aliphatic carbocycles. The van der Waals surface area contributed by atoms with Crippen molar-refractivity contribution in [1.29, 1.82) is 0 Å². The van der Waals surface area contributed by atoms with Gasteiger partial charge in [-0.15, -0.1) is 0 Å². The van der Waals surface area contributed by atoms with Crippen LogP contribution in [0.5, 0.6) is 0 Å². The number of carbonyl (C=O) groups is 1. The Morgan fingerprint density at radius 3 is 2.44 bits per heavy atom. The van der Waals surface area contributed by atoms with Gasteiger partial charge in [-0.3, -0.25) is 9.78 Å². The summed E-state index contributed by atoms with van der Waals surface area (Å²) in [6, 6.07) is 24.5. The second-order valence-corrected chi connectivity index (χ2v) is 11.6. The number of amides is 1. The van der Waals surface area contributed by atoms with Crippen molar-refractivity contribution in [1.82, 2.24) is 19.8 Å². The van der Waals surface area contributed by atoms with Gasteiger partial charge in [0.15, 0.2) is 5.11 Å². The number of thiocarbonyl (C=S) groups is 1. The lowest BCUT2D eigenvalue weighted by Gasteiger charge is -2.29. The molecule has 6 rings (SSSR count). The van der Waals surface area contributed by atoms with E-state index in [2.05, 4.69) is 74.2 Å². The van der Waals surface area contributed by atoms with Gasteiger partial charge in [0.05, 0.1) is 31.0 Å². The fourth-order valence-corrected chi connectivity index (χ4v) is 6.58. The predicted molar refractivity (Wildman–Crippen MR) is 175 cm³/mol. The predicted octanol–water partition coefficient (Wildman–Crippen LogP) is 5.64. The zero-order chi connectivity index (χ0) is 29.9. The third-order valence-electron chi connectivity index (χ3n) is 8.47. The number of aromatic nitrogens is 2. The molecule has 2 N–H and O–H groups in total. The van der Waals surface area contributed by atoms with Gasteiger partial charge in [-0.25, -0.2) is 0 Å². The molecule has 2 saturated heterocycles. The van der Waals surface area contributed by atoms with Crippen LogP contribution in [0.15, 0.2) is 79.0 Å². The minimum atomic E-state index is -0.147. The second kappa shape index (κ2) is 12.6. The first-order valence-electron chi connectivity index (χ1n) is 14.9. The molecule has 2 fully saturated rings. The van der Waals surface area contributed by atoms with Gasteiger partial charge in [0.25, 0.3) is 0 Å². The Bertz CT molecular complexity index is 1600. The third kappa shape index (κ3) is 6.00. The van der Waals surface area contributed by atoms with Crippen LogP contribution in [-0.2, 0) is 9.53 Å². The largest absolute Gasteiger partial charge is 0.378 e. The normalized spacial score (nSPS) is 18.5. The van der Waals surface area contributed by atoms with E-state index in [1.165, 1.54) is 5.69 Å². The molecule has 0 bridgehead atoms. The molecule has 43 heavy (non-hydrogen) atoms. The highest BCUT2D eigenvalue weighted by molar-refractivity contribution is 7.80. The Kier molecular flexibility index (Phi) is 8.44. The summed E-state index contributed by atoms with van der Waals surface area (Å²) in [7, 11) is 0. The molecule has 8 nitrogen and oxygen atoms in total. The number of nitrogens with zero attached hydrogens (tertiary/aromatic N) is 4. The summed E-state index contributed by atoms with van der Waals surface area (Å²) < 4.78 is 7.83. The van der Waals surface area contributed by atoms with Gasteiger partial charge < -0.3 is 29.7 Å². The molecule has 9 heteroatoms. The Hall–Kier alpha value is -4.21. The van der Waals surface area contributed by atoms with E-state index in [1.807, 2.05) is 55.6 Å². The van der Waals surface area contributed by atoms with Gasteiger partial charge in [0.1, 0.15) is 0 Å². The van der Waals surface area contributed by atoms with Crippen LogP contribution in [-0.4, -0.2) is 58.3 Å². The zero-order valence-corrected chi connectivity index (χ0v) is 25.7. The van der Waals surface area contributed by atoms with Crippen LogP contribution in [0.2, 0.25) is 0 Å². The van der Waals surface area contributed by atoms with Crippen molar-refractivity contribution in [3.63, 3.8) is 0 Å². The average Bonchev–Trinajstić information content (AvgIpc) is 3.52. The summed E-state index contributed by atoms with van der Waals surface area (Å²) >= 11 is 5.88. The fourth-order valence-electron chi connectivity index (χ4n) is 6.25. The number of pyridine rings is 1. The number of carbonyl (C=O) groups excluding carboxylic acids is 1. The molecule has 2 aromatic carbocycles. The molecule has 0 unspecified atom stereocenters. The van der Waals surface area contributed by atoms with Crippen LogP contribution in [0.3, 0.4) is 0 Å². The average molecular weight is 595 g/mol. The fraction of sp³-hybridized carbons (Fsp3) is 0.324. The van der Waals surface area contributed by atoms with Crippen molar-refractivity contribution < 1.29 is 9.53 Å². The molecule has 2 aliphatic heterocycles. The molecule has 4 aromatic rings. The van der Waals surface area contributed by atoms with E-state index in [4.69, 9.17) is 17.0 Å². The van der Waals surface area contributed by atoms with E-state index in [0.29, 0.717) is 18.1 Å². The molecule has 2 aliphatic rings. The summed E-state index contributed by atoms with van der Waals surface area (Å²) in [5, 5.41) is 7.22. The lowest BCUT2D eigenvalue weighted by molar-refractivity contribution is -0.116. The minimum absolute atomic E-state index is 0.0389. The third-order valence-corrected chi connectivity index (χ3v) is 8.82. The van der Waals surface area contributed by atoms with Gasteiger partial charge in [0.2, 0.25) is 5.91 Å². The Morgan fingerprint density at radius 1 is 1.00 bits per heavy atom. The maximum absolute atomic E-state index is 13.0. The molecule has 0 spiro atoms. The van der Waals surface area contributed by atoms with Crippen molar-refractivity contribution >= 4 is 34.6 Å². The van der Waals surface area contributed by atoms with Crippen LogP contribution >= 0.6 is 12.2 Å². The number of aryl methyl sites for hydroxylation is 2. The number of morpholine rings is 1. The molecule has 4 heterocycles. The van der Waals surface area contributed by atoms with Gasteiger partial charge in [-0.1, -0.05) is 24.3 Å². The number of benzene rings is 2. The Balaban J connectivity index is 1.29. The number of hydrogen-bond acceptors (Lipinski definition) is 5. The summed E-state index contributed by atoms with van der Waals surface area (Å²) in [6.45, 7) is 10.1. The highest BCUT2D eigenvalue weighted by Gasteiger charge is 2.41. The molecule has 2 aromatic heterocycles. The van der Waals surface area contributed by atoms with E-state index in [-0.39, 0.29) is 18.0 Å². The minimum Gasteiger partial charge on any atom is -0.378 e. The van der Waals surface area contributed by atoms with Crippen LogP contribution in [0, 0.1) is 20.8 Å². The van der Waals surface area contributed by atoms with E-state index >= 15 is 0 Å². The number of para-hydroxylation sites is 1. The van der Waals surface area contributed by atoms with Crippen molar-refractivity contribution in [2.75, 3.05) is 43.1 Å². The van der Waals surface area contributed by atoms with Crippen molar-refractivity contribution in [2.24, 2.45) is 0 Å². The molecular formula is C34H38N6O2S. The molecule has 1 amide bonds. The van der Waals surface area contributed by atoms with Crippen LogP contribution in [0.25, 0.3) is 5.69 Å². The lowest BCUT2D eigenvalue weighted by Crippen LogP contribution is -2.36. The first kappa shape index (κ1) is 28.9. The topological polar surface area (TPSA) is 74.7 Å². The summed E-state index contributed by atoms with van der Waals surface area (Å²) in [5.41, 5.74) is 8.56. The summed E-state index contributed by atoms with van der Waals surface area (Å²) in [4.78, 5) is 22.3. The van der Waals surface area contributed by atoms with Crippen LogP contribution in [0.4, 0.5) is 11.4 Å². The Morgan fingerprint density at radius 2 is 1.72 bits per heavy atom. The quantitative estimate of drug-likeness (QED) is 0.256. The number of rotatable bonds is 8. The van der Waals surface area contributed by atoms with E-state index in [1.54, 1.807) is 0 Å². The number of anilines is 2. The Labute approximate surface area is 258 Å². The second-order valence-electron chi connectivity index (χ2n) is 11.2. The zero-order valence-electron chi connectivity index (χ0n) is 24.9. The van der Waals surface area contributed by atoms with Gasteiger partial charge >= 0.3 is 0 Å². The van der Waals surface area contributed by atoms with Crippen LogP contribution in [0.1, 0.15) is 46.7 Å². The van der Waals surface area contributed by atoms with E-state index in [0.717, 1.165) is 65.9 Å². The van der Waals surface area contributed by atoms with Crippen molar-refractivity contribution in [2.45, 2.75) is 39.3 Å². The molecule has 0 saturated carbocycles. The van der Waals surface area contributed by atoms with Gasteiger partial charge in [-0.05, 0) is 92.6 Å². The highest BCUT2D eigenvalue weighted by atomic mass is 32.1. The standard InChI is InChI=1S/C34H38N6O2S/c1-23-8-4-5-9-29(23)36-31(41)15-17-39-33(32(37-34(39)43)30-10-6-7-16-35-30)28-22-24(2)40(25(28)3)27-13-11-26(12-14-27)38-18-20-42-21-19-38/h4-14,16,22,32-33H,15,17-21H2,1-3H3,(H,36,41)(H,37,43)/t32-,33+/m0/s1. The van der Waals surface area contributed by atoms with E-state index < -0.39 is 0 Å². The van der Waals surface area contributed by atoms with Crippen molar-refractivity contribution in [3.05, 3.63) is 107 Å². The molecular weight excluding hydrogens is 556 g/mol. The molecule has 222 valence electrons. The monoisotopic (exact) mass is 594 g/mol. The number of hydrogen-bond donors (Lipinski definition) is 2. The van der Waals surface area contributed by atoms with Crippen LogP contribution < -0.4 is 15.5 Å². The number of ether oxygens (including phenoxy) is 1. The SMILES string of the molecule is Cc1ccccc1NC(=O)CCN1C(=S)N[C@@H](c2ccccn2)[C@H]1c1cc(C)n(-c2ccc(N3CCOCC3)cc2)c1C. The highest BCUT2D eigenvalue weighted by Crippen LogP contribution is 2.41. The first-order chi connectivity index (χ1) is 20.9. The smallest absolute Gasteiger partial charge is 0.226 e. The summed E-state index contributed by atoms with van der Waals surface area (Å²) in [6.07, 6.45) is 2.12.